The van der Waals surface area contributed by atoms with E-state index in [9.17, 15) is 9.90 Å². The lowest BCUT2D eigenvalue weighted by atomic mass is 10.1. The molecule has 0 saturated heterocycles. The second-order valence-electron chi connectivity index (χ2n) is 5.88. The molecule has 0 unspecified atom stereocenters. The molecule has 2 N–H and O–H groups in total. The number of nitrogens with one attached hydrogen (secondary N) is 1. The minimum Gasteiger partial charge on any atom is -0.396 e. The molecule has 0 radical (unpaired) electrons. The number of hydrogen-bond acceptors (Lipinski definition) is 3. The zero-order valence-electron chi connectivity index (χ0n) is 13.2. The summed E-state index contributed by atoms with van der Waals surface area (Å²) in [5, 5.41) is 13.3. The second kappa shape index (κ2) is 6.98. The third-order valence-corrected chi connectivity index (χ3v) is 4.29. The number of methoxy groups -OCH3 is 1. The molecule has 2 aromatic rings. The average molecular weight is 314 g/mol. The number of fused-ring (bicyclic) bond motifs is 1. The van der Waals surface area contributed by atoms with Crippen LogP contribution in [0.3, 0.4) is 0 Å². The Balaban J connectivity index is 1.83. The van der Waals surface area contributed by atoms with Gasteiger partial charge in [-0.05, 0) is 18.6 Å². The number of aromatic nitrogens is 1. The Labute approximate surface area is 135 Å². The zero-order valence-corrected chi connectivity index (χ0v) is 13.2. The van der Waals surface area contributed by atoms with Gasteiger partial charge in [-0.2, -0.15) is 0 Å². The number of carbonyl (C=O) groups excluding carboxylic acids is 1. The van der Waals surface area contributed by atoms with Crippen molar-refractivity contribution >= 4 is 16.8 Å². The van der Waals surface area contributed by atoms with E-state index in [1.807, 2.05) is 47.1 Å². The first-order valence-corrected chi connectivity index (χ1v) is 7.90. The van der Waals surface area contributed by atoms with Gasteiger partial charge in [-0.3, -0.25) is 4.79 Å². The summed E-state index contributed by atoms with van der Waals surface area (Å²) in [6.45, 7) is 1.30. The molecule has 1 amide bonds. The quantitative estimate of drug-likeness (QED) is 0.801. The van der Waals surface area contributed by atoms with Crippen LogP contribution in [-0.2, 0) is 11.3 Å². The average Bonchev–Trinajstić information content (AvgIpc) is 3.17. The fourth-order valence-electron chi connectivity index (χ4n) is 3.08. The summed E-state index contributed by atoms with van der Waals surface area (Å²) in [7, 11) is 1.66. The molecular formula is C18H22N2O3. The maximum atomic E-state index is 12.7. The monoisotopic (exact) mass is 314 g/mol. The van der Waals surface area contributed by atoms with Crippen molar-refractivity contribution in [3.8, 4) is 0 Å². The van der Waals surface area contributed by atoms with Gasteiger partial charge in [0.1, 0.15) is 5.69 Å². The molecule has 0 spiro atoms. The first-order chi connectivity index (χ1) is 11.2. The summed E-state index contributed by atoms with van der Waals surface area (Å²) in [4.78, 5) is 12.7. The lowest BCUT2D eigenvalue weighted by molar-refractivity contribution is 0.0929. The summed E-state index contributed by atoms with van der Waals surface area (Å²) >= 11 is 0. The van der Waals surface area contributed by atoms with Crippen molar-refractivity contribution in [2.24, 2.45) is 5.92 Å². The van der Waals surface area contributed by atoms with Crippen molar-refractivity contribution in [1.82, 2.24) is 9.88 Å². The molecule has 1 aromatic heterocycles. The van der Waals surface area contributed by atoms with Crippen LogP contribution in [0.15, 0.2) is 42.5 Å². The molecule has 1 aliphatic rings. The van der Waals surface area contributed by atoms with Crippen LogP contribution >= 0.6 is 0 Å². The number of para-hydroxylation sites is 1. The molecule has 3 rings (SSSR count). The summed E-state index contributed by atoms with van der Waals surface area (Å²) < 4.78 is 7.17. The highest BCUT2D eigenvalue weighted by Crippen LogP contribution is 2.21. The van der Waals surface area contributed by atoms with Crippen molar-refractivity contribution in [3.63, 3.8) is 0 Å². The number of aliphatic hydroxyl groups excluding tert-OH is 1. The number of aliphatic hydroxyl groups is 1. The van der Waals surface area contributed by atoms with Gasteiger partial charge in [0.05, 0.1) is 6.61 Å². The number of ether oxygens (including phenoxy) is 1. The molecule has 0 aliphatic heterocycles. The number of rotatable bonds is 6. The lowest BCUT2D eigenvalue weighted by Crippen LogP contribution is -2.34. The lowest BCUT2D eigenvalue weighted by Gasteiger charge is -2.14. The van der Waals surface area contributed by atoms with E-state index < -0.39 is 0 Å². The van der Waals surface area contributed by atoms with E-state index in [0.29, 0.717) is 18.8 Å². The summed E-state index contributed by atoms with van der Waals surface area (Å²) in [6.07, 6.45) is 4.67. The molecule has 5 nitrogen and oxygen atoms in total. The summed E-state index contributed by atoms with van der Waals surface area (Å²) in [5.74, 6) is 0.0465. The van der Waals surface area contributed by atoms with Gasteiger partial charge < -0.3 is 19.7 Å². The van der Waals surface area contributed by atoms with Gasteiger partial charge in [0.15, 0.2) is 0 Å². The zero-order chi connectivity index (χ0) is 16.2. The molecule has 0 bridgehead atoms. The number of amides is 1. The number of hydrogen-bond donors (Lipinski definition) is 2. The first-order valence-electron chi connectivity index (χ1n) is 7.90. The van der Waals surface area contributed by atoms with Crippen LogP contribution in [0.5, 0.6) is 0 Å². The molecule has 1 aromatic carbocycles. The van der Waals surface area contributed by atoms with Gasteiger partial charge >= 0.3 is 0 Å². The minimum atomic E-state index is -0.0921. The first kappa shape index (κ1) is 15.8. The topological polar surface area (TPSA) is 63.5 Å². The summed E-state index contributed by atoms with van der Waals surface area (Å²) in [5.41, 5.74) is 1.67. The van der Waals surface area contributed by atoms with Crippen LogP contribution in [0, 0.1) is 5.92 Å². The van der Waals surface area contributed by atoms with Crippen molar-refractivity contribution in [1.29, 1.82) is 0 Å². The molecule has 0 fully saturated rings. The van der Waals surface area contributed by atoms with Gasteiger partial charge in [-0.15, -0.1) is 0 Å². The van der Waals surface area contributed by atoms with E-state index in [4.69, 9.17) is 4.74 Å². The van der Waals surface area contributed by atoms with Crippen LogP contribution < -0.4 is 5.32 Å². The van der Waals surface area contributed by atoms with Gasteiger partial charge in [-0.25, -0.2) is 0 Å². The van der Waals surface area contributed by atoms with E-state index in [0.717, 1.165) is 17.3 Å². The molecule has 1 aliphatic carbocycles. The molecule has 23 heavy (non-hydrogen) atoms. The van der Waals surface area contributed by atoms with Crippen LogP contribution in [0.25, 0.3) is 10.9 Å². The highest BCUT2D eigenvalue weighted by Gasteiger charge is 2.22. The Morgan fingerprint density at radius 1 is 1.39 bits per heavy atom. The standard InChI is InChI=1S/C18H22N2O3/c1-23-9-8-20-16-5-3-2-4-14(16)11-17(20)18(22)19-15-7-6-13(10-15)12-21/h2-7,11,13,15,21H,8-10,12H2,1H3,(H,19,22)/t13-,15+/m0/s1. The Kier molecular flexibility index (Phi) is 4.79. The van der Waals surface area contributed by atoms with Crippen LogP contribution in [0.1, 0.15) is 16.9 Å². The Morgan fingerprint density at radius 3 is 2.96 bits per heavy atom. The largest absolute Gasteiger partial charge is 0.396 e. The Morgan fingerprint density at radius 2 is 2.22 bits per heavy atom. The van der Waals surface area contributed by atoms with Gasteiger partial charge in [-0.1, -0.05) is 30.4 Å². The highest BCUT2D eigenvalue weighted by atomic mass is 16.5. The number of benzene rings is 1. The molecule has 122 valence electrons. The fourth-order valence-corrected chi connectivity index (χ4v) is 3.08. The van der Waals surface area contributed by atoms with Crippen LogP contribution in [-0.4, -0.2) is 41.9 Å². The third kappa shape index (κ3) is 3.30. The molecule has 5 heteroatoms. The maximum absolute atomic E-state index is 12.7. The van der Waals surface area contributed by atoms with Gasteiger partial charge in [0.2, 0.25) is 0 Å². The predicted molar refractivity (Wildman–Crippen MR) is 89.4 cm³/mol. The van der Waals surface area contributed by atoms with Crippen molar-refractivity contribution < 1.29 is 14.6 Å². The van der Waals surface area contributed by atoms with Gasteiger partial charge in [0, 0.05) is 43.1 Å². The minimum absolute atomic E-state index is 0.0199. The van der Waals surface area contributed by atoms with Crippen LogP contribution in [0.2, 0.25) is 0 Å². The summed E-state index contributed by atoms with van der Waals surface area (Å²) in [6, 6.07) is 9.86. The fraction of sp³-hybridized carbons (Fsp3) is 0.389. The highest BCUT2D eigenvalue weighted by molar-refractivity contribution is 5.99. The molecule has 0 saturated carbocycles. The normalized spacial score (nSPS) is 20.3. The van der Waals surface area contributed by atoms with Crippen molar-refractivity contribution in [2.75, 3.05) is 20.3 Å². The van der Waals surface area contributed by atoms with Crippen molar-refractivity contribution in [3.05, 3.63) is 48.2 Å². The maximum Gasteiger partial charge on any atom is 0.268 e. The van der Waals surface area contributed by atoms with E-state index in [1.165, 1.54) is 0 Å². The smallest absolute Gasteiger partial charge is 0.268 e. The third-order valence-electron chi connectivity index (χ3n) is 4.29. The SMILES string of the molecule is COCCn1c(C(=O)N[C@@H]2C=C[C@H](CO)C2)cc2ccccc21. The van der Waals surface area contributed by atoms with Crippen LogP contribution in [0.4, 0.5) is 0 Å². The van der Waals surface area contributed by atoms with E-state index in [-0.39, 0.29) is 24.5 Å². The Hall–Kier alpha value is -2.11. The van der Waals surface area contributed by atoms with E-state index >= 15 is 0 Å². The molecule has 1 heterocycles. The van der Waals surface area contributed by atoms with E-state index in [2.05, 4.69) is 5.32 Å². The molecule has 2 atom stereocenters. The number of nitrogens with zero attached hydrogens (tertiary/aromatic N) is 1. The molecular weight excluding hydrogens is 292 g/mol. The second-order valence-corrected chi connectivity index (χ2v) is 5.88. The van der Waals surface area contributed by atoms with Crippen molar-refractivity contribution in [2.45, 2.75) is 19.0 Å². The predicted octanol–water partition coefficient (Wildman–Crippen LogP) is 1.95. The van der Waals surface area contributed by atoms with E-state index in [1.54, 1.807) is 7.11 Å². The van der Waals surface area contributed by atoms with Gasteiger partial charge in [0.25, 0.3) is 5.91 Å². The number of carbonyl (C=O) groups is 1. The Bertz CT molecular complexity index is 720.